The molecule has 24 heavy (non-hydrogen) atoms. The Morgan fingerprint density at radius 3 is 2.46 bits per heavy atom. The molecular formula is C20H25BrClNO. The summed E-state index contributed by atoms with van der Waals surface area (Å²) in [6.07, 6.45) is 2.35. The minimum absolute atomic E-state index is 0. The molecule has 0 spiro atoms. The molecule has 1 aliphatic rings. The molecule has 1 fully saturated rings. The maximum absolute atomic E-state index is 6.32. The van der Waals surface area contributed by atoms with Gasteiger partial charge in [-0.25, -0.2) is 0 Å². The minimum Gasteiger partial charge on any atom is -0.373 e. The van der Waals surface area contributed by atoms with Crippen molar-refractivity contribution in [1.29, 1.82) is 0 Å². The molecule has 0 saturated carbocycles. The SMILES string of the molecule is CC(OCC1(c2cccc(Br)c2)CCNCC1)c1ccccc1.Cl. The fourth-order valence-electron chi connectivity index (χ4n) is 3.34. The molecule has 0 amide bonds. The maximum Gasteiger partial charge on any atom is 0.0797 e. The fraction of sp³-hybridized carbons (Fsp3) is 0.400. The van der Waals surface area contributed by atoms with E-state index in [1.54, 1.807) is 0 Å². The molecule has 1 N–H and O–H groups in total. The highest BCUT2D eigenvalue weighted by atomic mass is 79.9. The third-order valence-corrected chi connectivity index (χ3v) is 5.37. The molecule has 2 aromatic rings. The van der Waals surface area contributed by atoms with Crippen molar-refractivity contribution in [3.63, 3.8) is 0 Å². The summed E-state index contributed by atoms with van der Waals surface area (Å²) < 4.78 is 7.46. The summed E-state index contributed by atoms with van der Waals surface area (Å²) >= 11 is 3.61. The Bertz CT molecular complexity index is 629. The van der Waals surface area contributed by atoms with Crippen molar-refractivity contribution >= 4 is 28.3 Å². The van der Waals surface area contributed by atoms with Gasteiger partial charge in [-0.1, -0.05) is 58.4 Å². The van der Waals surface area contributed by atoms with E-state index < -0.39 is 0 Å². The van der Waals surface area contributed by atoms with Gasteiger partial charge in [0.25, 0.3) is 0 Å². The molecule has 1 saturated heterocycles. The molecule has 0 radical (unpaired) electrons. The molecule has 130 valence electrons. The summed E-state index contributed by atoms with van der Waals surface area (Å²) in [5.74, 6) is 0. The number of piperidine rings is 1. The zero-order valence-corrected chi connectivity index (χ0v) is 16.4. The largest absolute Gasteiger partial charge is 0.373 e. The van der Waals surface area contributed by atoms with Crippen molar-refractivity contribution in [3.8, 4) is 0 Å². The van der Waals surface area contributed by atoms with Gasteiger partial charge in [0.2, 0.25) is 0 Å². The van der Waals surface area contributed by atoms with Crippen molar-refractivity contribution in [2.45, 2.75) is 31.3 Å². The van der Waals surface area contributed by atoms with E-state index in [9.17, 15) is 0 Å². The van der Waals surface area contributed by atoms with Gasteiger partial charge >= 0.3 is 0 Å². The van der Waals surface area contributed by atoms with Crippen LogP contribution in [0.1, 0.15) is 37.0 Å². The molecule has 2 nitrogen and oxygen atoms in total. The van der Waals surface area contributed by atoms with Crippen molar-refractivity contribution < 1.29 is 4.74 Å². The quantitative estimate of drug-likeness (QED) is 0.725. The van der Waals surface area contributed by atoms with Gasteiger partial charge in [0.05, 0.1) is 12.7 Å². The Labute approximate surface area is 159 Å². The van der Waals surface area contributed by atoms with E-state index in [2.05, 4.69) is 76.7 Å². The molecule has 2 aromatic carbocycles. The molecule has 1 atom stereocenters. The van der Waals surface area contributed by atoms with Gasteiger partial charge in [0, 0.05) is 9.89 Å². The van der Waals surface area contributed by atoms with Gasteiger partial charge in [-0.15, -0.1) is 12.4 Å². The third-order valence-electron chi connectivity index (χ3n) is 4.88. The maximum atomic E-state index is 6.32. The Morgan fingerprint density at radius 2 is 1.79 bits per heavy atom. The third kappa shape index (κ3) is 4.60. The Kier molecular flexibility index (Phi) is 7.30. The van der Waals surface area contributed by atoms with Gasteiger partial charge in [0.1, 0.15) is 0 Å². The van der Waals surface area contributed by atoms with Gasteiger partial charge < -0.3 is 10.1 Å². The lowest BCUT2D eigenvalue weighted by Crippen LogP contribution is -2.43. The zero-order chi connectivity index (χ0) is 16.1. The van der Waals surface area contributed by atoms with E-state index >= 15 is 0 Å². The van der Waals surface area contributed by atoms with E-state index in [-0.39, 0.29) is 23.9 Å². The summed E-state index contributed by atoms with van der Waals surface area (Å²) in [6.45, 7) is 5.01. The fourth-order valence-corrected chi connectivity index (χ4v) is 3.74. The number of rotatable bonds is 5. The second-order valence-electron chi connectivity index (χ2n) is 6.40. The van der Waals surface area contributed by atoms with Crippen LogP contribution in [0.2, 0.25) is 0 Å². The second-order valence-corrected chi connectivity index (χ2v) is 7.32. The molecule has 3 rings (SSSR count). The van der Waals surface area contributed by atoms with E-state index in [1.165, 1.54) is 11.1 Å². The number of nitrogens with one attached hydrogen (secondary N) is 1. The van der Waals surface area contributed by atoms with Crippen LogP contribution in [0.25, 0.3) is 0 Å². The first-order valence-corrected chi connectivity index (χ1v) is 9.12. The first-order valence-electron chi connectivity index (χ1n) is 8.33. The van der Waals surface area contributed by atoms with Crippen molar-refractivity contribution in [2.75, 3.05) is 19.7 Å². The zero-order valence-electron chi connectivity index (χ0n) is 14.0. The Balaban J connectivity index is 0.00000208. The van der Waals surface area contributed by atoms with Crippen LogP contribution in [-0.4, -0.2) is 19.7 Å². The number of ether oxygens (including phenoxy) is 1. The summed E-state index contributed by atoms with van der Waals surface area (Å²) in [5.41, 5.74) is 2.73. The molecular weight excluding hydrogens is 386 g/mol. The van der Waals surface area contributed by atoms with Crippen LogP contribution in [0, 0.1) is 0 Å². The first-order chi connectivity index (χ1) is 11.2. The average molecular weight is 411 g/mol. The Morgan fingerprint density at radius 1 is 1.08 bits per heavy atom. The highest BCUT2D eigenvalue weighted by Gasteiger charge is 2.35. The van der Waals surface area contributed by atoms with Crippen LogP contribution in [0.5, 0.6) is 0 Å². The van der Waals surface area contributed by atoms with Gasteiger partial charge in [-0.3, -0.25) is 0 Å². The lowest BCUT2D eigenvalue weighted by Gasteiger charge is -2.39. The number of halogens is 2. The lowest BCUT2D eigenvalue weighted by atomic mass is 9.74. The summed E-state index contributed by atoms with van der Waals surface area (Å²) in [7, 11) is 0. The monoisotopic (exact) mass is 409 g/mol. The highest BCUT2D eigenvalue weighted by Crippen LogP contribution is 2.36. The second kappa shape index (κ2) is 9.00. The van der Waals surface area contributed by atoms with Gasteiger partial charge in [0.15, 0.2) is 0 Å². The molecule has 0 bridgehead atoms. The van der Waals surface area contributed by atoms with Gasteiger partial charge in [-0.05, 0) is 56.1 Å². The summed E-state index contributed by atoms with van der Waals surface area (Å²) in [6, 6.07) is 19.2. The number of hydrogen-bond acceptors (Lipinski definition) is 2. The average Bonchev–Trinajstić information content (AvgIpc) is 2.61. The highest BCUT2D eigenvalue weighted by molar-refractivity contribution is 9.10. The van der Waals surface area contributed by atoms with Crippen molar-refractivity contribution in [2.24, 2.45) is 0 Å². The molecule has 1 heterocycles. The van der Waals surface area contributed by atoms with Crippen LogP contribution in [-0.2, 0) is 10.2 Å². The lowest BCUT2D eigenvalue weighted by molar-refractivity contribution is 0.0166. The van der Waals surface area contributed by atoms with E-state index in [0.29, 0.717) is 0 Å². The van der Waals surface area contributed by atoms with Crippen molar-refractivity contribution in [1.82, 2.24) is 5.32 Å². The van der Waals surface area contributed by atoms with Crippen molar-refractivity contribution in [3.05, 3.63) is 70.2 Å². The topological polar surface area (TPSA) is 21.3 Å². The van der Waals surface area contributed by atoms with E-state index in [4.69, 9.17) is 4.74 Å². The van der Waals surface area contributed by atoms with Crippen LogP contribution in [0.4, 0.5) is 0 Å². The standard InChI is InChI=1S/C20H24BrNO.ClH/c1-16(17-6-3-2-4-7-17)23-15-20(10-12-22-13-11-20)18-8-5-9-19(21)14-18;/h2-9,14,16,22H,10-13,15H2,1H3;1H. The van der Waals surface area contributed by atoms with Crippen LogP contribution >= 0.6 is 28.3 Å². The molecule has 1 aliphatic heterocycles. The number of benzene rings is 2. The van der Waals surface area contributed by atoms with E-state index in [1.807, 2.05) is 6.07 Å². The molecule has 1 unspecified atom stereocenters. The van der Waals surface area contributed by atoms with Gasteiger partial charge in [-0.2, -0.15) is 0 Å². The van der Waals surface area contributed by atoms with Crippen LogP contribution in [0.3, 0.4) is 0 Å². The molecule has 4 heteroatoms. The number of hydrogen-bond donors (Lipinski definition) is 1. The predicted molar refractivity (Wildman–Crippen MR) is 106 cm³/mol. The Hall–Kier alpha value is -0.870. The smallest absolute Gasteiger partial charge is 0.0797 e. The van der Waals surface area contributed by atoms with Crippen LogP contribution < -0.4 is 5.32 Å². The minimum atomic E-state index is 0. The normalized spacial score (nSPS) is 17.8. The van der Waals surface area contributed by atoms with E-state index in [0.717, 1.165) is 37.0 Å². The van der Waals surface area contributed by atoms with Crippen LogP contribution in [0.15, 0.2) is 59.1 Å². The predicted octanol–water partition coefficient (Wildman–Crippen LogP) is 5.27. The summed E-state index contributed by atoms with van der Waals surface area (Å²) in [4.78, 5) is 0. The summed E-state index contributed by atoms with van der Waals surface area (Å²) in [5, 5.41) is 3.48. The first kappa shape index (κ1) is 19.5. The molecule has 0 aliphatic carbocycles. The molecule has 0 aromatic heterocycles.